The van der Waals surface area contributed by atoms with Gasteiger partial charge in [-0.25, -0.2) is 9.97 Å². The number of halogens is 1. The van der Waals surface area contributed by atoms with Gasteiger partial charge in [0.05, 0.1) is 9.21 Å². The predicted molar refractivity (Wildman–Crippen MR) is 91.5 cm³/mol. The van der Waals surface area contributed by atoms with E-state index in [4.69, 9.17) is 11.6 Å². The molecule has 7 heteroatoms. The first-order valence-corrected chi connectivity index (χ1v) is 9.04. The summed E-state index contributed by atoms with van der Waals surface area (Å²) >= 11 is 7.27. The molecule has 0 aromatic carbocycles. The van der Waals surface area contributed by atoms with E-state index in [9.17, 15) is 4.79 Å². The van der Waals surface area contributed by atoms with Crippen molar-refractivity contribution in [3.8, 4) is 0 Å². The molecule has 1 saturated heterocycles. The van der Waals surface area contributed by atoms with E-state index in [0.717, 1.165) is 31.7 Å². The Kier molecular flexibility index (Phi) is 3.95. The number of amides is 1. The lowest BCUT2D eigenvalue weighted by Gasteiger charge is -2.36. The number of aromatic nitrogens is 2. The number of nitrogens with zero attached hydrogens (tertiary/aromatic N) is 4. The van der Waals surface area contributed by atoms with Gasteiger partial charge in [0, 0.05) is 37.4 Å². The Bertz CT molecular complexity index is 739. The van der Waals surface area contributed by atoms with Crippen LogP contribution in [-0.4, -0.2) is 47.0 Å². The lowest BCUT2D eigenvalue weighted by molar-refractivity contribution is 0.0751. The van der Waals surface area contributed by atoms with Crippen molar-refractivity contribution in [2.45, 2.75) is 19.3 Å². The van der Waals surface area contributed by atoms with E-state index in [1.54, 1.807) is 18.5 Å². The topological polar surface area (TPSA) is 49.3 Å². The number of anilines is 1. The van der Waals surface area contributed by atoms with E-state index in [1.807, 2.05) is 4.90 Å². The number of hydrogen-bond acceptors (Lipinski definition) is 5. The van der Waals surface area contributed by atoms with E-state index in [2.05, 4.69) is 14.9 Å². The lowest BCUT2D eigenvalue weighted by atomic mass is 10.2. The molecule has 120 valence electrons. The Morgan fingerprint density at radius 3 is 2.70 bits per heavy atom. The Morgan fingerprint density at radius 1 is 1.13 bits per heavy atom. The molecule has 23 heavy (non-hydrogen) atoms. The van der Waals surface area contributed by atoms with Crippen LogP contribution in [0.1, 0.15) is 27.3 Å². The summed E-state index contributed by atoms with van der Waals surface area (Å²) in [7, 11) is 0. The first-order chi connectivity index (χ1) is 11.2. The molecule has 0 radical (unpaired) electrons. The first-order valence-electron chi connectivity index (χ1n) is 7.84. The summed E-state index contributed by atoms with van der Waals surface area (Å²) in [5.41, 5.74) is 2.50. The van der Waals surface area contributed by atoms with Crippen molar-refractivity contribution in [3.05, 3.63) is 38.9 Å². The standard InChI is InChI=1S/C16H17ClN4OS/c17-14-5-4-13(23-14)16(22)21-8-6-20(7-9-21)15-11-2-1-3-12(11)18-10-19-15/h4-5,10H,1-3,6-9H2. The zero-order valence-electron chi connectivity index (χ0n) is 12.7. The van der Waals surface area contributed by atoms with Gasteiger partial charge in [-0.3, -0.25) is 4.79 Å². The van der Waals surface area contributed by atoms with Crippen LogP contribution in [0.15, 0.2) is 18.5 Å². The van der Waals surface area contributed by atoms with Gasteiger partial charge >= 0.3 is 0 Å². The minimum Gasteiger partial charge on any atom is -0.353 e. The highest BCUT2D eigenvalue weighted by molar-refractivity contribution is 7.17. The van der Waals surface area contributed by atoms with Crippen molar-refractivity contribution < 1.29 is 4.79 Å². The first kappa shape index (κ1) is 14.9. The molecule has 2 aromatic rings. The van der Waals surface area contributed by atoms with E-state index < -0.39 is 0 Å². The smallest absolute Gasteiger partial charge is 0.264 e. The van der Waals surface area contributed by atoms with Crippen LogP contribution >= 0.6 is 22.9 Å². The maximum Gasteiger partial charge on any atom is 0.264 e. The molecule has 2 aromatic heterocycles. The third-order valence-electron chi connectivity index (χ3n) is 4.50. The number of piperazine rings is 1. The Hall–Kier alpha value is -1.66. The van der Waals surface area contributed by atoms with Crippen molar-refractivity contribution in [2.75, 3.05) is 31.1 Å². The Balaban J connectivity index is 1.45. The molecule has 0 saturated carbocycles. The summed E-state index contributed by atoms with van der Waals surface area (Å²) in [4.78, 5) is 26.3. The highest BCUT2D eigenvalue weighted by Gasteiger charge is 2.27. The van der Waals surface area contributed by atoms with Crippen LogP contribution in [0.5, 0.6) is 0 Å². The molecule has 0 N–H and O–H groups in total. The molecule has 0 unspecified atom stereocenters. The summed E-state index contributed by atoms with van der Waals surface area (Å²) < 4.78 is 0.656. The van der Waals surface area contributed by atoms with Gasteiger partial charge in [-0.15, -0.1) is 11.3 Å². The number of rotatable bonds is 2. The lowest BCUT2D eigenvalue weighted by Crippen LogP contribution is -2.49. The van der Waals surface area contributed by atoms with Gasteiger partial charge in [0.15, 0.2) is 0 Å². The van der Waals surface area contributed by atoms with Crippen molar-refractivity contribution in [1.82, 2.24) is 14.9 Å². The highest BCUT2D eigenvalue weighted by atomic mass is 35.5. The second kappa shape index (κ2) is 6.09. The van der Waals surface area contributed by atoms with Crippen LogP contribution in [-0.2, 0) is 12.8 Å². The van der Waals surface area contributed by atoms with Gasteiger partial charge in [0.25, 0.3) is 5.91 Å². The molecular weight excluding hydrogens is 332 g/mol. The van der Waals surface area contributed by atoms with Gasteiger partial charge in [-0.1, -0.05) is 11.6 Å². The molecule has 0 atom stereocenters. The average molecular weight is 349 g/mol. The van der Waals surface area contributed by atoms with Crippen molar-refractivity contribution >= 4 is 34.7 Å². The molecule has 1 aliphatic heterocycles. The quantitative estimate of drug-likeness (QED) is 0.837. The van der Waals surface area contributed by atoms with E-state index in [1.165, 1.54) is 29.0 Å². The van der Waals surface area contributed by atoms with Gasteiger partial charge in [-0.05, 0) is 31.4 Å². The van der Waals surface area contributed by atoms with Gasteiger partial charge in [0.1, 0.15) is 12.1 Å². The molecule has 5 nitrogen and oxygen atoms in total. The average Bonchev–Trinajstić information content (AvgIpc) is 3.22. The number of carbonyl (C=O) groups excluding carboxylic acids is 1. The zero-order valence-corrected chi connectivity index (χ0v) is 14.2. The summed E-state index contributed by atoms with van der Waals surface area (Å²) in [6.45, 7) is 3.06. The number of thiophene rings is 1. The van der Waals surface area contributed by atoms with Crippen LogP contribution < -0.4 is 4.90 Å². The molecule has 2 aliphatic rings. The van der Waals surface area contributed by atoms with E-state index in [0.29, 0.717) is 22.3 Å². The number of carbonyl (C=O) groups is 1. The molecule has 4 rings (SSSR count). The third-order valence-corrected chi connectivity index (χ3v) is 5.72. The van der Waals surface area contributed by atoms with Crippen molar-refractivity contribution in [3.63, 3.8) is 0 Å². The third kappa shape index (κ3) is 2.81. The van der Waals surface area contributed by atoms with E-state index >= 15 is 0 Å². The fourth-order valence-corrected chi connectivity index (χ4v) is 4.33. The predicted octanol–water partition coefficient (Wildman–Crippen LogP) is 2.64. The van der Waals surface area contributed by atoms with E-state index in [-0.39, 0.29) is 5.91 Å². The minimum absolute atomic E-state index is 0.0782. The molecule has 1 aliphatic carbocycles. The van der Waals surface area contributed by atoms with Crippen LogP contribution in [0.25, 0.3) is 0 Å². The van der Waals surface area contributed by atoms with Gasteiger partial charge in [0.2, 0.25) is 0 Å². The van der Waals surface area contributed by atoms with Gasteiger partial charge < -0.3 is 9.80 Å². The summed E-state index contributed by atoms with van der Waals surface area (Å²) in [5.74, 6) is 1.15. The molecule has 3 heterocycles. The highest BCUT2D eigenvalue weighted by Crippen LogP contribution is 2.29. The normalized spacial score (nSPS) is 17.4. The Labute approximate surface area is 143 Å². The van der Waals surface area contributed by atoms with Crippen LogP contribution in [0.3, 0.4) is 0 Å². The molecular formula is C16H17ClN4OS. The second-order valence-corrected chi connectivity index (χ2v) is 7.57. The number of aryl methyl sites for hydroxylation is 1. The fraction of sp³-hybridized carbons (Fsp3) is 0.438. The molecule has 0 spiro atoms. The largest absolute Gasteiger partial charge is 0.353 e. The van der Waals surface area contributed by atoms with Crippen molar-refractivity contribution in [1.29, 1.82) is 0 Å². The van der Waals surface area contributed by atoms with Crippen molar-refractivity contribution in [2.24, 2.45) is 0 Å². The van der Waals surface area contributed by atoms with Gasteiger partial charge in [-0.2, -0.15) is 0 Å². The summed E-state index contributed by atoms with van der Waals surface area (Å²) in [5, 5.41) is 0. The zero-order chi connectivity index (χ0) is 15.8. The van der Waals surface area contributed by atoms with Crippen LogP contribution in [0, 0.1) is 0 Å². The summed E-state index contributed by atoms with van der Waals surface area (Å²) in [6.07, 6.45) is 4.96. The monoisotopic (exact) mass is 348 g/mol. The maximum atomic E-state index is 12.5. The summed E-state index contributed by atoms with van der Waals surface area (Å²) in [6, 6.07) is 3.58. The molecule has 1 amide bonds. The number of hydrogen-bond donors (Lipinski definition) is 0. The molecule has 1 fully saturated rings. The number of fused-ring (bicyclic) bond motifs is 1. The van der Waals surface area contributed by atoms with Crippen LogP contribution in [0.2, 0.25) is 4.34 Å². The molecule has 0 bridgehead atoms. The van der Waals surface area contributed by atoms with Crippen LogP contribution in [0.4, 0.5) is 5.82 Å². The second-order valence-electron chi connectivity index (χ2n) is 5.86. The fourth-order valence-electron chi connectivity index (χ4n) is 3.32. The SMILES string of the molecule is O=C(c1ccc(Cl)s1)N1CCN(c2ncnc3c2CCC3)CC1. The maximum absolute atomic E-state index is 12.5. The minimum atomic E-state index is 0.0782. The Morgan fingerprint density at radius 2 is 1.96 bits per heavy atom.